The van der Waals surface area contributed by atoms with Crippen molar-refractivity contribution in [1.82, 2.24) is 10.2 Å². The van der Waals surface area contributed by atoms with Gasteiger partial charge in [-0.15, -0.1) is 0 Å². The standard InChI is InChI=1S/C18H25BrN2O2/c19-17-4-2-1-3-14(17)5-6-18(22)20-15-7-10-21(13-15)16-8-11-23-12-9-16/h1-4,15-16H,5-13H2,(H,20,22). The maximum Gasteiger partial charge on any atom is 0.220 e. The van der Waals surface area contributed by atoms with Gasteiger partial charge in [-0.05, 0) is 37.3 Å². The van der Waals surface area contributed by atoms with Gasteiger partial charge in [-0.2, -0.15) is 0 Å². The zero-order chi connectivity index (χ0) is 16.1. The monoisotopic (exact) mass is 380 g/mol. The Bertz CT molecular complexity index is 532. The predicted octanol–water partition coefficient (Wildman–Crippen LogP) is 2.75. The fourth-order valence-electron chi connectivity index (χ4n) is 3.54. The van der Waals surface area contributed by atoms with E-state index < -0.39 is 0 Å². The Kier molecular flexibility index (Phi) is 6.08. The first-order valence-corrected chi connectivity index (χ1v) is 9.36. The van der Waals surface area contributed by atoms with Crippen LogP contribution in [0.15, 0.2) is 28.7 Å². The summed E-state index contributed by atoms with van der Waals surface area (Å²) in [6.07, 6.45) is 4.66. The zero-order valence-electron chi connectivity index (χ0n) is 13.5. The molecule has 1 atom stereocenters. The molecule has 2 heterocycles. The normalized spacial score (nSPS) is 23.1. The summed E-state index contributed by atoms with van der Waals surface area (Å²) in [6.45, 7) is 3.85. The molecule has 4 nitrogen and oxygen atoms in total. The van der Waals surface area contributed by atoms with E-state index in [2.05, 4.69) is 32.2 Å². The highest BCUT2D eigenvalue weighted by Gasteiger charge is 2.29. The van der Waals surface area contributed by atoms with Gasteiger partial charge in [0.1, 0.15) is 0 Å². The third-order valence-corrected chi connectivity index (χ3v) is 5.64. The Balaban J connectivity index is 1.41. The molecule has 0 bridgehead atoms. The Hall–Kier alpha value is -0.910. The first-order valence-electron chi connectivity index (χ1n) is 8.57. The maximum atomic E-state index is 12.2. The van der Waals surface area contributed by atoms with Crippen LogP contribution in [0.5, 0.6) is 0 Å². The minimum absolute atomic E-state index is 0.166. The molecule has 0 spiro atoms. The molecule has 0 aromatic heterocycles. The van der Waals surface area contributed by atoms with E-state index in [1.165, 1.54) is 5.56 Å². The maximum absolute atomic E-state index is 12.2. The minimum Gasteiger partial charge on any atom is -0.381 e. The van der Waals surface area contributed by atoms with Crippen LogP contribution in [0.25, 0.3) is 0 Å². The summed E-state index contributed by atoms with van der Waals surface area (Å²) in [5.74, 6) is 0.166. The van der Waals surface area contributed by atoms with Crippen molar-refractivity contribution in [3.8, 4) is 0 Å². The quantitative estimate of drug-likeness (QED) is 0.853. The summed E-state index contributed by atoms with van der Waals surface area (Å²) < 4.78 is 6.52. The molecule has 3 rings (SSSR count). The Morgan fingerprint density at radius 3 is 2.83 bits per heavy atom. The Labute approximate surface area is 146 Å². The third kappa shape index (κ3) is 4.78. The second-order valence-corrected chi connectivity index (χ2v) is 7.34. The van der Waals surface area contributed by atoms with Gasteiger partial charge in [0.05, 0.1) is 0 Å². The number of nitrogens with zero attached hydrogens (tertiary/aromatic N) is 1. The van der Waals surface area contributed by atoms with Crippen LogP contribution in [-0.2, 0) is 16.0 Å². The lowest BCUT2D eigenvalue weighted by molar-refractivity contribution is -0.121. The molecule has 2 aliphatic rings. The number of rotatable bonds is 5. The average Bonchev–Trinajstić information content (AvgIpc) is 3.03. The van der Waals surface area contributed by atoms with E-state index in [1.807, 2.05) is 18.2 Å². The fraction of sp³-hybridized carbons (Fsp3) is 0.611. The van der Waals surface area contributed by atoms with Crippen molar-refractivity contribution in [2.45, 2.75) is 44.2 Å². The molecule has 23 heavy (non-hydrogen) atoms. The van der Waals surface area contributed by atoms with Crippen LogP contribution in [0.2, 0.25) is 0 Å². The summed E-state index contributed by atoms with van der Waals surface area (Å²) in [4.78, 5) is 14.7. The molecule has 0 radical (unpaired) electrons. The highest BCUT2D eigenvalue weighted by atomic mass is 79.9. The molecule has 1 N–H and O–H groups in total. The first kappa shape index (κ1) is 16.9. The number of likely N-dealkylation sites (tertiary alicyclic amines) is 1. The van der Waals surface area contributed by atoms with E-state index in [4.69, 9.17) is 4.74 Å². The van der Waals surface area contributed by atoms with Crippen molar-refractivity contribution in [3.63, 3.8) is 0 Å². The van der Waals surface area contributed by atoms with Crippen LogP contribution in [-0.4, -0.2) is 49.2 Å². The molecule has 1 amide bonds. The van der Waals surface area contributed by atoms with E-state index in [0.717, 1.165) is 56.5 Å². The number of hydrogen-bond acceptors (Lipinski definition) is 3. The van der Waals surface area contributed by atoms with Crippen LogP contribution in [0.4, 0.5) is 0 Å². The van der Waals surface area contributed by atoms with Gasteiger partial charge in [-0.25, -0.2) is 0 Å². The molecule has 0 aliphatic carbocycles. The number of amides is 1. The highest BCUT2D eigenvalue weighted by Crippen LogP contribution is 2.21. The topological polar surface area (TPSA) is 41.6 Å². The van der Waals surface area contributed by atoms with Gasteiger partial charge in [-0.1, -0.05) is 34.1 Å². The van der Waals surface area contributed by atoms with Gasteiger partial charge in [0.25, 0.3) is 0 Å². The van der Waals surface area contributed by atoms with Crippen LogP contribution in [0.3, 0.4) is 0 Å². The van der Waals surface area contributed by atoms with Crippen LogP contribution >= 0.6 is 15.9 Å². The van der Waals surface area contributed by atoms with Gasteiger partial charge in [0.2, 0.25) is 5.91 Å². The molecule has 5 heteroatoms. The average molecular weight is 381 g/mol. The third-order valence-electron chi connectivity index (χ3n) is 4.87. The van der Waals surface area contributed by atoms with Gasteiger partial charge in [0, 0.05) is 49.3 Å². The summed E-state index contributed by atoms with van der Waals surface area (Å²) >= 11 is 3.54. The number of nitrogens with one attached hydrogen (secondary N) is 1. The zero-order valence-corrected chi connectivity index (χ0v) is 15.1. The van der Waals surface area contributed by atoms with E-state index in [-0.39, 0.29) is 5.91 Å². The lowest BCUT2D eigenvalue weighted by atomic mass is 10.1. The van der Waals surface area contributed by atoms with Gasteiger partial charge < -0.3 is 10.1 Å². The summed E-state index contributed by atoms with van der Waals surface area (Å²) in [6, 6.07) is 9.06. The lowest BCUT2D eigenvalue weighted by Gasteiger charge is -2.31. The molecule has 126 valence electrons. The number of carbonyl (C=O) groups is 1. The summed E-state index contributed by atoms with van der Waals surface area (Å²) in [7, 11) is 0. The molecular weight excluding hydrogens is 356 g/mol. The SMILES string of the molecule is O=C(CCc1ccccc1Br)NC1CCN(C2CCOCC2)C1. The van der Waals surface area contributed by atoms with E-state index >= 15 is 0 Å². The van der Waals surface area contributed by atoms with Gasteiger partial charge in [-0.3, -0.25) is 9.69 Å². The number of benzene rings is 1. The smallest absolute Gasteiger partial charge is 0.220 e. The summed E-state index contributed by atoms with van der Waals surface area (Å²) in [5.41, 5.74) is 1.19. The molecule has 1 unspecified atom stereocenters. The van der Waals surface area contributed by atoms with Crippen LogP contribution in [0, 0.1) is 0 Å². The molecule has 1 aromatic carbocycles. The van der Waals surface area contributed by atoms with Crippen molar-refractivity contribution in [2.24, 2.45) is 0 Å². The molecule has 2 aliphatic heterocycles. The fourth-order valence-corrected chi connectivity index (χ4v) is 4.02. The molecule has 1 aromatic rings. The second-order valence-electron chi connectivity index (χ2n) is 6.48. The predicted molar refractivity (Wildman–Crippen MR) is 94.4 cm³/mol. The van der Waals surface area contributed by atoms with Crippen LogP contribution < -0.4 is 5.32 Å². The number of carbonyl (C=O) groups excluding carboxylic acids is 1. The van der Waals surface area contributed by atoms with Crippen molar-refractivity contribution < 1.29 is 9.53 Å². The number of halogens is 1. The highest BCUT2D eigenvalue weighted by molar-refractivity contribution is 9.10. The van der Waals surface area contributed by atoms with E-state index in [0.29, 0.717) is 18.5 Å². The molecular formula is C18H25BrN2O2. The van der Waals surface area contributed by atoms with Crippen molar-refractivity contribution in [2.75, 3.05) is 26.3 Å². The second kappa shape index (κ2) is 8.27. The Morgan fingerprint density at radius 2 is 2.04 bits per heavy atom. The number of hydrogen-bond donors (Lipinski definition) is 1. The summed E-state index contributed by atoms with van der Waals surface area (Å²) in [5, 5.41) is 3.21. The first-order chi connectivity index (χ1) is 11.2. The lowest BCUT2D eigenvalue weighted by Crippen LogP contribution is -2.41. The van der Waals surface area contributed by atoms with Crippen molar-refractivity contribution in [1.29, 1.82) is 0 Å². The van der Waals surface area contributed by atoms with Gasteiger partial charge in [0.15, 0.2) is 0 Å². The van der Waals surface area contributed by atoms with E-state index in [1.54, 1.807) is 0 Å². The van der Waals surface area contributed by atoms with Crippen molar-refractivity contribution >= 4 is 21.8 Å². The molecule has 2 fully saturated rings. The van der Waals surface area contributed by atoms with Crippen LogP contribution in [0.1, 0.15) is 31.2 Å². The van der Waals surface area contributed by atoms with Crippen molar-refractivity contribution in [3.05, 3.63) is 34.3 Å². The minimum atomic E-state index is 0.166. The molecule has 0 saturated carbocycles. The van der Waals surface area contributed by atoms with E-state index in [9.17, 15) is 4.79 Å². The number of aryl methyl sites for hydroxylation is 1. The number of ether oxygens (including phenoxy) is 1. The largest absolute Gasteiger partial charge is 0.381 e. The van der Waals surface area contributed by atoms with Gasteiger partial charge >= 0.3 is 0 Å². The molecule has 2 saturated heterocycles. The Morgan fingerprint density at radius 1 is 1.26 bits per heavy atom.